The summed E-state index contributed by atoms with van der Waals surface area (Å²) in [6.07, 6.45) is 5.28. The van der Waals surface area contributed by atoms with Gasteiger partial charge in [0.1, 0.15) is 11.6 Å². The topological polar surface area (TPSA) is 84.8 Å². The highest BCUT2D eigenvalue weighted by Crippen LogP contribution is 2.30. The van der Waals surface area contributed by atoms with Crippen molar-refractivity contribution in [3.63, 3.8) is 0 Å². The van der Waals surface area contributed by atoms with Gasteiger partial charge >= 0.3 is 0 Å². The molecule has 4 rings (SSSR count). The number of hydrogen-bond donors (Lipinski definition) is 2. The van der Waals surface area contributed by atoms with Crippen LogP contribution in [0.1, 0.15) is 18.5 Å². The predicted molar refractivity (Wildman–Crippen MR) is 115 cm³/mol. The summed E-state index contributed by atoms with van der Waals surface area (Å²) in [7, 11) is 3.48. The van der Waals surface area contributed by atoms with E-state index in [1.807, 2.05) is 36.7 Å². The number of H-pyrrole nitrogens is 1. The summed E-state index contributed by atoms with van der Waals surface area (Å²) in [5.74, 6) is 1.19. The molecule has 0 fully saturated rings. The molecule has 29 heavy (non-hydrogen) atoms. The van der Waals surface area contributed by atoms with Gasteiger partial charge in [0.05, 0.1) is 41.9 Å². The van der Waals surface area contributed by atoms with Gasteiger partial charge in [0.25, 0.3) is 5.56 Å². The van der Waals surface area contributed by atoms with E-state index >= 15 is 0 Å². The molecule has 0 aliphatic heterocycles. The molecule has 0 radical (unpaired) electrons. The van der Waals surface area contributed by atoms with Crippen LogP contribution in [0.15, 0.2) is 53.8 Å². The largest absolute Gasteiger partial charge is 0.495 e. The van der Waals surface area contributed by atoms with Crippen LogP contribution in [0.4, 0.5) is 5.82 Å². The summed E-state index contributed by atoms with van der Waals surface area (Å²) >= 11 is 6.23. The van der Waals surface area contributed by atoms with Gasteiger partial charge in [0.15, 0.2) is 0 Å². The van der Waals surface area contributed by atoms with Gasteiger partial charge in [0.2, 0.25) is 0 Å². The van der Waals surface area contributed by atoms with Gasteiger partial charge < -0.3 is 19.6 Å². The minimum Gasteiger partial charge on any atom is -0.495 e. The van der Waals surface area contributed by atoms with Crippen molar-refractivity contribution in [2.45, 2.75) is 13.0 Å². The Kier molecular flexibility index (Phi) is 4.98. The zero-order valence-corrected chi connectivity index (χ0v) is 17.0. The number of anilines is 1. The van der Waals surface area contributed by atoms with Crippen molar-refractivity contribution < 1.29 is 4.74 Å². The molecule has 0 aliphatic carbocycles. The van der Waals surface area contributed by atoms with Crippen LogP contribution in [0.5, 0.6) is 5.75 Å². The zero-order valence-electron chi connectivity index (χ0n) is 16.2. The van der Waals surface area contributed by atoms with Gasteiger partial charge in [-0.2, -0.15) is 0 Å². The first kappa shape index (κ1) is 19.0. The fraction of sp³-hybridized carbons (Fsp3) is 0.190. The Hall–Kier alpha value is -3.32. The molecule has 2 N–H and O–H groups in total. The van der Waals surface area contributed by atoms with Crippen molar-refractivity contribution in [1.82, 2.24) is 19.5 Å². The second kappa shape index (κ2) is 7.60. The van der Waals surface area contributed by atoms with E-state index < -0.39 is 0 Å². The van der Waals surface area contributed by atoms with E-state index in [1.54, 1.807) is 30.9 Å². The number of rotatable bonds is 5. The van der Waals surface area contributed by atoms with E-state index in [-0.39, 0.29) is 11.6 Å². The number of methoxy groups -OCH3 is 1. The predicted octanol–water partition coefficient (Wildman–Crippen LogP) is 4.16. The Morgan fingerprint density at radius 2 is 2.10 bits per heavy atom. The molecule has 7 nitrogen and oxygen atoms in total. The zero-order chi connectivity index (χ0) is 20.5. The van der Waals surface area contributed by atoms with E-state index in [9.17, 15) is 4.79 Å². The van der Waals surface area contributed by atoms with Crippen molar-refractivity contribution in [3.8, 4) is 17.0 Å². The van der Waals surface area contributed by atoms with Gasteiger partial charge in [-0.15, -0.1) is 0 Å². The Balaban J connectivity index is 1.66. The maximum absolute atomic E-state index is 12.6. The Morgan fingerprint density at radius 1 is 1.28 bits per heavy atom. The van der Waals surface area contributed by atoms with Crippen LogP contribution in [-0.2, 0) is 7.05 Å². The SMILES string of the molecule is COc1cc2[nH]c(=O)c([C@H](C)Nc3cc(-c4cncn4C)ccn3)cc2cc1Cl. The number of hydrogen-bond acceptors (Lipinski definition) is 5. The average molecular weight is 410 g/mol. The first-order chi connectivity index (χ1) is 14.0. The molecule has 0 amide bonds. The summed E-state index contributed by atoms with van der Waals surface area (Å²) in [4.78, 5) is 24.1. The number of fused-ring (bicyclic) bond motifs is 1. The number of pyridine rings is 2. The highest BCUT2D eigenvalue weighted by molar-refractivity contribution is 6.32. The molecular formula is C21H20ClN5O2. The highest BCUT2D eigenvalue weighted by Gasteiger charge is 2.14. The second-order valence-corrected chi connectivity index (χ2v) is 7.22. The summed E-state index contributed by atoms with van der Waals surface area (Å²) in [6.45, 7) is 1.92. The van der Waals surface area contributed by atoms with Crippen LogP contribution in [0.2, 0.25) is 5.02 Å². The third-order valence-electron chi connectivity index (χ3n) is 4.85. The number of nitrogens with zero attached hydrogens (tertiary/aromatic N) is 3. The molecule has 8 heteroatoms. The molecule has 0 unspecified atom stereocenters. The van der Waals surface area contributed by atoms with Gasteiger partial charge in [-0.05, 0) is 31.2 Å². The summed E-state index contributed by atoms with van der Waals surface area (Å²) in [6, 6.07) is 8.93. The Labute approximate surface area is 172 Å². The van der Waals surface area contributed by atoms with Crippen LogP contribution >= 0.6 is 11.6 Å². The van der Waals surface area contributed by atoms with Crippen molar-refractivity contribution in [3.05, 3.63) is 70.0 Å². The molecule has 0 bridgehead atoms. The quantitative estimate of drug-likeness (QED) is 0.517. The third-order valence-corrected chi connectivity index (χ3v) is 5.14. The third kappa shape index (κ3) is 3.69. The summed E-state index contributed by atoms with van der Waals surface area (Å²) in [5, 5.41) is 4.62. The van der Waals surface area contributed by atoms with Gasteiger partial charge in [-0.25, -0.2) is 9.97 Å². The standard InChI is InChI=1S/C21H20ClN5O2/c1-12(25-20-8-13(4-5-24-20)18-10-23-11-27(18)2)15-6-14-7-16(22)19(29-3)9-17(14)26-21(15)28/h4-12H,1-3H3,(H,24,25)(H,26,28)/t12-/m0/s1. The smallest absolute Gasteiger partial charge is 0.253 e. The normalized spacial score (nSPS) is 12.1. The number of ether oxygens (including phenoxy) is 1. The highest BCUT2D eigenvalue weighted by atomic mass is 35.5. The second-order valence-electron chi connectivity index (χ2n) is 6.81. The van der Waals surface area contributed by atoms with Crippen LogP contribution in [0, 0.1) is 0 Å². The number of imidazole rings is 1. The number of aryl methyl sites for hydroxylation is 1. The van der Waals surface area contributed by atoms with Crippen molar-refractivity contribution >= 4 is 28.3 Å². The fourth-order valence-corrected chi connectivity index (χ4v) is 3.56. The lowest BCUT2D eigenvalue weighted by molar-refractivity contribution is 0.415. The molecule has 1 aromatic carbocycles. The van der Waals surface area contributed by atoms with E-state index in [2.05, 4.69) is 20.3 Å². The van der Waals surface area contributed by atoms with Crippen LogP contribution in [0.3, 0.4) is 0 Å². The molecule has 3 aromatic heterocycles. The molecule has 0 aliphatic rings. The molecule has 0 spiro atoms. The van der Waals surface area contributed by atoms with Gasteiger partial charge in [0, 0.05) is 35.8 Å². The summed E-state index contributed by atoms with van der Waals surface area (Å²) < 4.78 is 7.16. The fourth-order valence-electron chi connectivity index (χ4n) is 3.31. The lowest BCUT2D eigenvalue weighted by atomic mass is 10.1. The Morgan fingerprint density at radius 3 is 2.83 bits per heavy atom. The molecule has 0 saturated carbocycles. The lowest BCUT2D eigenvalue weighted by Gasteiger charge is -2.16. The molecule has 1 atom stereocenters. The van der Waals surface area contributed by atoms with Gasteiger partial charge in [-0.1, -0.05) is 11.6 Å². The van der Waals surface area contributed by atoms with E-state index in [4.69, 9.17) is 16.3 Å². The molecular weight excluding hydrogens is 390 g/mol. The number of aromatic amines is 1. The molecule has 4 aromatic rings. The summed E-state index contributed by atoms with van der Waals surface area (Å²) in [5.41, 5.74) is 3.05. The van der Waals surface area contributed by atoms with Crippen molar-refractivity contribution in [2.24, 2.45) is 7.05 Å². The number of aromatic nitrogens is 4. The Bertz CT molecular complexity index is 1250. The number of nitrogens with one attached hydrogen (secondary N) is 2. The van der Waals surface area contributed by atoms with E-state index in [1.165, 1.54) is 7.11 Å². The molecule has 0 saturated heterocycles. The average Bonchev–Trinajstić information content (AvgIpc) is 3.13. The maximum Gasteiger partial charge on any atom is 0.253 e. The van der Waals surface area contributed by atoms with Crippen molar-refractivity contribution in [1.29, 1.82) is 0 Å². The van der Waals surface area contributed by atoms with Gasteiger partial charge in [-0.3, -0.25) is 4.79 Å². The maximum atomic E-state index is 12.6. The first-order valence-corrected chi connectivity index (χ1v) is 9.44. The molecule has 3 heterocycles. The van der Waals surface area contributed by atoms with Crippen LogP contribution in [0.25, 0.3) is 22.2 Å². The molecule has 148 valence electrons. The lowest BCUT2D eigenvalue weighted by Crippen LogP contribution is -2.19. The minimum atomic E-state index is -0.265. The van der Waals surface area contributed by atoms with Crippen LogP contribution in [-0.4, -0.2) is 26.6 Å². The minimum absolute atomic E-state index is 0.176. The van der Waals surface area contributed by atoms with E-state index in [0.717, 1.165) is 16.6 Å². The monoisotopic (exact) mass is 409 g/mol. The van der Waals surface area contributed by atoms with Crippen LogP contribution < -0.4 is 15.6 Å². The van der Waals surface area contributed by atoms with E-state index in [0.29, 0.717) is 27.7 Å². The number of benzene rings is 1. The van der Waals surface area contributed by atoms with Crippen molar-refractivity contribution in [2.75, 3.05) is 12.4 Å². The first-order valence-electron chi connectivity index (χ1n) is 9.06. The number of halogens is 1.